The molecule has 1 saturated heterocycles. The summed E-state index contributed by atoms with van der Waals surface area (Å²) in [7, 11) is -1.64. The van der Waals surface area contributed by atoms with Crippen LogP contribution in [0.4, 0.5) is 10.5 Å². The van der Waals surface area contributed by atoms with Gasteiger partial charge in [0.25, 0.3) is 0 Å². The molecule has 0 spiro atoms. The zero-order valence-corrected chi connectivity index (χ0v) is 20.7. The molecular weight excluding hydrogens is 472 g/mol. The van der Waals surface area contributed by atoms with E-state index in [4.69, 9.17) is 11.6 Å². The molecule has 1 N–H and O–H groups in total. The van der Waals surface area contributed by atoms with Crippen molar-refractivity contribution in [1.82, 2.24) is 15.2 Å². The molecule has 2 amide bonds. The van der Waals surface area contributed by atoms with Gasteiger partial charge in [-0.2, -0.15) is 0 Å². The van der Waals surface area contributed by atoms with Crippen molar-refractivity contribution in [3.05, 3.63) is 65.9 Å². The molecule has 0 radical (unpaired) electrons. The fourth-order valence-electron chi connectivity index (χ4n) is 4.32. The Morgan fingerprint density at radius 3 is 2.50 bits per heavy atom. The van der Waals surface area contributed by atoms with E-state index >= 15 is 0 Å². The van der Waals surface area contributed by atoms with Gasteiger partial charge in [0.2, 0.25) is 0 Å². The molecule has 1 aliphatic rings. The van der Waals surface area contributed by atoms with Crippen molar-refractivity contribution in [2.45, 2.75) is 30.2 Å². The number of urea groups is 1. The van der Waals surface area contributed by atoms with Crippen molar-refractivity contribution in [2.75, 3.05) is 37.3 Å². The van der Waals surface area contributed by atoms with E-state index in [0.717, 1.165) is 42.4 Å². The Labute approximate surface area is 205 Å². The molecule has 1 fully saturated rings. The van der Waals surface area contributed by atoms with Gasteiger partial charge in [-0.15, -0.1) is 0 Å². The number of carbonyl (C=O) groups excluding carboxylic acids is 1. The summed E-state index contributed by atoms with van der Waals surface area (Å²) in [5.41, 5.74) is 1.15. The molecule has 1 aliphatic heterocycles. The molecule has 180 valence electrons. The minimum Gasteiger partial charge on any atom is -0.371 e. The number of carbonyl (C=O) groups is 1. The van der Waals surface area contributed by atoms with E-state index in [1.165, 1.54) is 0 Å². The number of piperidine rings is 1. The second kappa shape index (κ2) is 10.6. The van der Waals surface area contributed by atoms with Gasteiger partial charge >= 0.3 is 6.03 Å². The number of nitrogens with one attached hydrogen (secondary N) is 1. The SMILES string of the molecule is CN(C(=O)NCCCS(=O)(=O)c1ccc2cc(Cl)ccc2c1)C1CCN(c2ccncc2)CC1. The highest BCUT2D eigenvalue weighted by Gasteiger charge is 2.25. The predicted molar refractivity (Wildman–Crippen MR) is 136 cm³/mol. The van der Waals surface area contributed by atoms with Crippen molar-refractivity contribution in [1.29, 1.82) is 0 Å². The van der Waals surface area contributed by atoms with Crippen LogP contribution in [-0.4, -0.2) is 62.8 Å². The van der Waals surface area contributed by atoms with Gasteiger partial charge in [-0.05, 0) is 66.4 Å². The molecule has 0 saturated carbocycles. The van der Waals surface area contributed by atoms with E-state index in [1.807, 2.05) is 24.3 Å². The average molecular weight is 501 g/mol. The Hall–Kier alpha value is -2.84. The van der Waals surface area contributed by atoms with E-state index < -0.39 is 9.84 Å². The summed E-state index contributed by atoms with van der Waals surface area (Å²) in [5.74, 6) is -0.0274. The van der Waals surface area contributed by atoms with Crippen molar-refractivity contribution < 1.29 is 13.2 Å². The molecule has 34 heavy (non-hydrogen) atoms. The third kappa shape index (κ3) is 5.80. The maximum Gasteiger partial charge on any atom is 0.317 e. The number of hydrogen-bond donors (Lipinski definition) is 1. The van der Waals surface area contributed by atoms with Gasteiger partial charge < -0.3 is 15.1 Å². The summed E-state index contributed by atoms with van der Waals surface area (Å²) < 4.78 is 25.5. The molecule has 2 heterocycles. The highest BCUT2D eigenvalue weighted by Crippen LogP contribution is 2.24. The van der Waals surface area contributed by atoms with Crippen LogP contribution in [0.25, 0.3) is 10.8 Å². The van der Waals surface area contributed by atoms with Crippen LogP contribution in [0, 0.1) is 0 Å². The van der Waals surface area contributed by atoms with Crippen LogP contribution in [0.3, 0.4) is 0 Å². The highest BCUT2D eigenvalue weighted by atomic mass is 35.5. The van der Waals surface area contributed by atoms with E-state index in [9.17, 15) is 13.2 Å². The van der Waals surface area contributed by atoms with Crippen LogP contribution in [0.15, 0.2) is 65.8 Å². The molecule has 2 aromatic carbocycles. The number of sulfone groups is 1. The van der Waals surface area contributed by atoms with E-state index in [1.54, 1.807) is 48.6 Å². The molecule has 1 aromatic heterocycles. The standard InChI is InChI=1S/C25H29ClN4O3S/c1-29(22-9-14-30(15-10-22)23-7-12-27-13-8-23)25(31)28-11-2-16-34(32,33)24-6-4-19-17-21(26)5-3-20(19)18-24/h3-8,12-13,17-18,22H,2,9-11,14-16H2,1H3,(H,28,31). The summed E-state index contributed by atoms with van der Waals surface area (Å²) in [6.45, 7) is 2.06. The topological polar surface area (TPSA) is 82.6 Å². The van der Waals surface area contributed by atoms with Crippen molar-refractivity contribution in [2.24, 2.45) is 0 Å². The molecular formula is C25H29ClN4O3S. The van der Waals surface area contributed by atoms with E-state index in [-0.39, 0.29) is 22.7 Å². The van der Waals surface area contributed by atoms with Gasteiger partial charge in [-0.1, -0.05) is 23.7 Å². The Morgan fingerprint density at radius 2 is 1.76 bits per heavy atom. The molecule has 0 atom stereocenters. The van der Waals surface area contributed by atoms with Crippen molar-refractivity contribution >= 4 is 43.9 Å². The first-order chi connectivity index (χ1) is 16.3. The number of nitrogens with zero attached hydrogens (tertiary/aromatic N) is 3. The Morgan fingerprint density at radius 1 is 1.09 bits per heavy atom. The van der Waals surface area contributed by atoms with E-state index in [0.29, 0.717) is 18.0 Å². The van der Waals surface area contributed by atoms with Gasteiger partial charge in [0, 0.05) is 55.8 Å². The Balaban J connectivity index is 1.23. The van der Waals surface area contributed by atoms with Crippen molar-refractivity contribution in [3.63, 3.8) is 0 Å². The monoisotopic (exact) mass is 500 g/mol. The summed E-state index contributed by atoms with van der Waals surface area (Å²) >= 11 is 6.00. The second-order valence-corrected chi connectivity index (χ2v) is 11.1. The van der Waals surface area contributed by atoms with Crippen LogP contribution in [0.1, 0.15) is 19.3 Å². The first-order valence-electron chi connectivity index (χ1n) is 11.4. The van der Waals surface area contributed by atoms with Crippen molar-refractivity contribution in [3.8, 4) is 0 Å². The van der Waals surface area contributed by atoms with Crippen LogP contribution in [0.5, 0.6) is 0 Å². The average Bonchev–Trinajstić information content (AvgIpc) is 2.86. The Kier molecular flexibility index (Phi) is 7.58. The van der Waals surface area contributed by atoms with Gasteiger partial charge in [0.15, 0.2) is 9.84 Å². The third-order valence-corrected chi connectivity index (χ3v) is 8.39. The van der Waals surface area contributed by atoms with Gasteiger partial charge in [0.05, 0.1) is 10.6 Å². The van der Waals surface area contributed by atoms with Crippen LogP contribution >= 0.6 is 11.6 Å². The summed E-state index contributed by atoms with van der Waals surface area (Å²) in [4.78, 5) is 21.0. The number of anilines is 1. The molecule has 7 nitrogen and oxygen atoms in total. The van der Waals surface area contributed by atoms with E-state index in [2.05, 4.69) is 15.2 Å². The maximum absolute atomic E-state index is 12.8. The Bertz CT molecular complexity index is 1250. The lowest BCUT2D eigenvalue weighted by Crippen LogP contribution is -2.49. The maximum atomic E-state index is 12.8. The quantitative estimate of drug-likeness (QED) is 0.487. The normalized spacial score (nSPS) is 14.8. The van der Waals surface area contributed by atoms with Crippen LogP contribution < -0.4 is 10.2 Å². The highest BCUT2D eigenvalue weighted by molar-refractivity contribution is 7.91. The number of rotatable bonds is 7. The van der Waals surface area contributed by atoms with Gasteiger partial charge in [0.1, 0.15) is 0 Å². The summed E-state index contributed by atoms with van der Waals surface area (Å²) in [6.07, 6.45) is 5.69. The zero-order valence-electron chi connectivity index (χ0n) is 19.2. The minimum absolute atomic E-state index is 0.0274. The first-order valence-corrected chi connectivity index (χ1v) is 13.4. The molecule has 0 aliphatic carbocycles. The second-order valence-electron chi connectivity index (χ2n) is 8.59. The summed E-state index contributed by atoms with van der Waals surface area (Å²) in [5, 5.41) is 5.21. The predicted octanol–water partition coefficient (Wildman–Crippen LogP) is 4.36. The van der Waals surface area contributed by atoms with Gasteiger partial charge in [-0.3, -0.25) is 4.98 Å². The lowest BCUT2D eigenvalue weighted by atomic mass is 10.0. The van der Waals surface area contributed by atoms with Crippen LogP contribution in [-0.2, 0) is 9.84 Å². The largest absolute Gasteiger partial charge is 0.371 e. The number of benzene rings is 2. The third-order valence-electron chi connectivity index (χ3n) is 6.36. The minimum atomic E-state index is -3.44. The number of fused-ring (bicyclic) bond motifs is 1. The number of pyridine rings is 1. The fourth-order valence-corrected chi connectivity index (χ4v) is 5.84. The lowest BCUT2D eigenvalue weighted by molar-refractivity contribution is 0.180. The number of hydrogen-bond acceptors (Lipinski definition) is 5. The van der Waals surface area contributed by atoms with Crippen LogP contribution in [0.2, 0.25) is 5.02 Å². The molecule has 3 aromatic rings. The zero-order chi connectivity index (χ0) is 24.1. The number of aromatic nitrogens is 1. The van der Waals surface area contributed by atoms with Gasteiger partial charge in [-0.25, -0.2) is 13.2 Å². The molecule has 9 heteroatoms. The summed E-state index contributed by atoms with van der Waals surface area (Å²) in [6, 6.07) is 14.4. The molecule has 0 unspecified atom stereocenters. The number of halogens is 1. The fraction of sp³-hybridized carbons (Fsp3) is 0.360. The molecule has 0 bridgehead atoms. The number of amides is 2. The lowest BCUT2D eigenvalue weighted by Gasteiger charge is -2.37. The smallest absolute Gasteiger partial charge is 0.317 e. The molecule has 4 rings (SSSR count). The first kappa shape index (κ1) is 24.3.